The van der Waals surface area contributed by atoms with Crippen LogP contribution in [0.3, 0.4) is 0 Å². The summed E-state index contributed by atoms with van der Waals surface area (Å²) in [6.07, 6.45) is 2.15. The van der Waals surface area contributed by atoms with Gasteiger partial charge >= 0.3 is 12.0 Å². The van der Waals surface area contributed by atoms with Crippen molar-refractivity contribution in [1.29, 1.82) is 0 Å². The van der Waals surface area contributed by atoms with E-state index in [1.807, 2.05) is 0 Å². The minimum atomic E-state index is -1.17. The topological polar surface area (TPSA) is 100 Å². The van der Waals surface area contributed by atoms with Gasteiger partial charge in [-0.2, -0.15) is 9.97 Å². The summed E-state index contributed by atoms with van der Waals surface area (Å²) in [5.74, 6) is -0.531. The molecule has 1 heterocycles. The largest absolute Gasteiger partial charge is 0.493 e. The van der Waals surface area contributed by atoms with Gasteiger partial charge in [0.15, 0.2) is 11.5 Å². The van der Waals surface area contributed by atoms with Crippen LogP contribution in [0.5, 0.6) is 29.3 Å². The van der Waals surface area contributed by atoms with Crippen molar-refractivity contribution in [3.63, 3.8) is 0 Å². The van der Waals surface area contributed by atoms with Gasteiger partial charge in [-0.25, -0.2) is 4.79 Å². The number of rotatable bonds is 8. The third kappa shape index (κ3) is 4.17. The zero-order valence-corrected chi connectivity index (χ0v) is 14.1. The molecule has 0 aliphatic carbocycles. The normalized spacial score (nSPS) is 10.0. The summed E-state index contributed by atoms with van der Waals surface area (Å²) in [7, 11) is 4.27. The van der Waals surface area contributed by atoms with Crippen molar-refractivity contribution in [1.82, 2.24) is 9.97 Å². The Morgan fingerprint density at radius 3 is 2.24 bits per heavy atom. The van der Waals surface area contributed by atoms with E-state index < -0.39 is 5.97 Å². The van der Waals surface area contributed by atoms with E-state index in [4.69, 9.17) is 18.9 Å². The highest BCUT2D eigenvalue weighted by atomic mass is 16.5. The molecule has 1 aromatic heterocycles. The predicted molar refractivity (Wildman–Crippen MR) is 89.1 cm³/mol. The van der Waals surface area contributed by atoms with Crippen LogP contribution in [-0.2, 0) is 6.42 Å². The second kappa shape index (κ2) is 8.00. The van der Waals surface area contributed by atoms with Gasteiger partial charge in [0.1, 0.15) is 5.56 Å². The summed E-state index contributed by atoms with van der Waals surface area (Å²) in [5.41, 5.74) is 0.641. The van der Waals surface area contributed by atoms with Gasteiger partial charge in [-0.1, -0.05) is 6.08 Å². The molecule has 0 atom stereocenters. The third-order valence-corrected chi connectivity index (χ3v) is 3.22. The molecular formula is C17H18N2O6. The third-order valence-electron chi connectivity index (χ3n) is 3.22. The Hall–Kier alpha value is -3.29. The van der Waals surface area contributed by atoms with Gasteiger partial charge in [0.05, 0.1) is 27.4 Å². The van der Waals surface area contributed by atoms with Crippen molar-refractivity contribution in [2.75, 3.05) is 21.3 Å². The lowest BCUT2D eigenvalue weighted by molar-refractivity contribution is 0.0693. The van der Waals surface area contributed by atoms with E-state index in [1.54, 1.807) is 12.1 Å². The Balaban J connectivity index is 2.54. The molecule has 2 aromatic rings. The second-order valence-corrected chi connectivity index (χ2v) is 4.81. The summed E-state index contributed by atoms with van der Waals surface area (Å²) in [5, 5.41) is 9.51. The van der Waals surface area contributed by atoms with Crippen LogP contribution in [0.1, 0.15) is 15.9 Å². The van der Waals surface area contributed by atoms with E-state index in [0.717, 1.165) is 5.56 Å². The van der Waals surface area contributed by atoms with Crippen molar-refractivity contribution in [3.8, 4) is 29.3 Å². The number of carboxylic acids is 1. The van der Waals surface area contributed by atoms with Crippen LogP contribution >= 0.6 is 0 Å². The number of hydrogen-bond acceptors (Lipinski definition) is 7. The number of carbonyl (C=O) groups is 1. The molecule has 8 heteroatoms. The maximum absolute atomic E-state index is 11.6. The van der Waals surface area contributed by atoms with Gasteiger partial charge in [0, 0.05) is 0 Å². The number of carboxylic acid groups (broad SMARTS) is 1. The first kappa shape index (κ1) is 18.1. The van der Waals surface area contributed by atoms with E-state index in [2.05, 4.69) is 16.5 Å². The molecule has 25 heavy (non-hydrogen) atoms. The maximum atomic E-state index is 11.6. The Morgan fingerprint density at radius 2 is 1.76 bits per heavy atom. The van der Waals surface area contributed by atoms with E-state index in [1.165, 1.54) is 33.5 Å². The summed E-state index contributed by atoms with van der Waals surface area (Å²) in [6.45, 7) is 3.65. The van der Waals surface area contributed by atoms with Crippen molar-refractivity contribution in [2.45, 2.75) is 6.42 Å². The molecular weight excluding hydrogens is 328 g/mol. The number of ether oxygens (including phenoxy) is 4. The molecule has 0 amide bonds. The smallest absolute Gasteiger partial charge is 0.339 e. The standard InChI is InChI=1S/C17H18N2O6/c1-5-6-10-7-11(16(20)21)15(12(8-10)22-2)25-17-18-13(23-3)9-14(19-17)24-4/h5,7-9H,1,6H2,2-4H3,(H,20,21). The van der Waals surface area contributed by atoms with Crippen molar-refractivity contribution in [3.05, 3.63) is 42.0 Å². The van der Waals surface area contributed by atoms with E-state index >= 15 is 0 Å². The lowest BCUT2D eigenvalue weighted by Crippen LogP contribution is -2.06. The average Bonchev–Trinajstić information content (AvgIpc) is 2.62. The minimum absolute atomic E-state index is 0.0156. The fourth-order valence-electron chi connectivity index (χ4n) is 2.09. The fraction of sp³-hybridized carbons (Fsp3) is 0.235. The molecule has 0 unspecified atom stereocenters. The minimum Gasteiger partial charge on any atom is -0.493 e. The van der Waals surface area contributed by atoms with Crippen LogP contribution < -0.4 is 18.9 Å². The van der Waals surface area contributed by atoms with Crippen LogP contribution in [0.25, 0.3) is 0 Å². The molecule has 1 aromatic carbocycles. The predicted octanol–water partition coefficient (Wildman–Crippen LogP) is 2.72. The number of aromatic nitrogens is 2. The van der Waals surface area contributed by atoms with Gasteiger partial charge in [0.25, 0.3) is 0 Å². The first-order valence-corrected chi connectivity index (χ1v) is 7.22. The second-order valence-electron chi connectivity index (χ2n) is 4.81. The molecule has 0 aliphatic heterocycles. The number of allylic oxidation sites excluding steroid dienone is 1. The molecule has 8 nitrogen and oxygen atoms in total. The molecule has 1 N–H and O–H groups in total. The van der Waals surface area contributed by atoms with E-state index in [9.17, 15) is 9.90 Å². The van der Waals surface area contributed by atoms with Gasteiger partial charge in [-0.05, 0) is 24.1 Å². The van der Waals surface area contributed by atoms with E-state index in [-0.39, 0.29) is 34.8 Å². The number of benzene rings is 1. The lowest BCUT2D eigenvalue weighted by atomic mass is 10.1. The number of hydrogen-bond donors (Lipinski definition) is 1. The number of methoxy groups -OCH3 is 3. The van der Waals surface area contributed by atoms with Crippen LogP contribution in [0.2, 0.25) is 0 Å². The number of nitrogens with zero attached hydrogens (tertiary/aromatic N) is 2. The zero-order chi connectivity index (χ0) is 18.4. The van der Waals surface area contributed by atoms with Gasteiger partial charge in [-0.3, -0.25) is 0 Å². The molecule has 0 saturated carbocycles. The highest BCUT2D eigenvalue weighted by Gasteiger charge is 2.21. The highest BCUT2D eigenvalue weighted by Crippen LogP contribution is 2.36. The highest BCUT2D eigenvalue weighted by molar-refractivity contribution is 5.92. The van der Waals surface area contributed by atoms with Crippen molar-refractivity contribution in [2.24, 2.45) is 0 Å². The summed E-state index contributed by atoms with van der Waals surface area (Å²) >= 11 is 0. The average molecular weight is 346 g/mol. The molecule has 0 fully saturated rings. The first-order valence-electron chi connectivity index (χ1n) is 7.22. The molecule has 0 aliphatic rings. The van der Waals surface area contributed by atoms with Crippen molar-refractivity contribution < 1.29 is 28.8 Å². The Labute approximate surface area is 144 Å². The molecule has 132 valence electrons. The Bertz CT molecular complexity index is 769. The molecule has 2 rings (SSSR count). The monoisotopic (exact) mass is 346 g/mol. The van der Waals surface area contributed by atoms with Crippen LogP contribution in [0.4, 0.5) is 0 Å². The quantitative estimate of drug-likeness (QED) is 0.728. The van der Waals surface area contributed by atoms with Gasteiger partial charge < -0.3 is 24.1 Å². The van der Waals surface area contributed by atoms with Crippen molar-refractivity contribution >= 4 is 5.97 Å². The maximum Gasteiger partial charge on any atom is 0.339 e. The van der Waals surface area contributed by atoms with Crippen LogP contribution in [0, 0.1) is 0 Å². The van der Waals surface area contributed by atoms with Gasteiger partial charge in [0.2, 0.25) is 11.8 Å². The van der Waals surface area contributed by atoms with Gasteiger partial charge in [-0.15, -0.1) is 6.58 Å². The lowest BCUT2D eigenvalue weighted by Gasteiger charge is -2.14. The zero-order valence-electron chi connectivity index (χ0n) is 14.1. The SMILES string of the molecule is C=CCc1cc(OC)c(Oc2nc(OC)cc(OC)n2)c(C(=O)O)c1. The number of aromatic carboxylic acids is 1. The van der Waals surface area contributed by atoms with Crippen LogP contribution in [0.15, 0.2) is 30.9 Å². The summed E-state index contributed by atoms with van der Waals surface area (Å²) < 4.78 is 21.0. The van der Waals surface area contributed by atoms with E-state index in [0.29, 0.717) is 6.42 Å². The Morgan fingerprint density at radius 1 is 1.12 bits per heavy atom. The Kier molecular flexibility index (Phi) is 5.78. The summed E-state index contributed by atoms with van der Waals surface area (Å²) in [4.78, 5) is 19.7. The first-order chi connectivity index (χ1) is 12.0. The molecule has 0 radical (unpaired) electrons. The fourth-order valence-corrected chi connectivity index (χ4v) is 2.09. The molecule has 0 bridgehead atoms. The molecule has 0 saturated heterocycles. The molecule has 0 spiro atoms. The summed E-state index contributed by atoms with van der Waals surface area (Å²) in [6, 6.07) is 4.49. The van der Waals surface area contributed by atoms with Crippen LogP contribution in [-0.4, -0.2) is 42.4 Å².